The van der Waals surface area contributed by atoms with Crippen LogP contribution in [0.3, 0.4) is 0 Å². The molecule has 0 aliphatic carbocycles. The Balaban J connectivity index is 3.14. The van der Waals surface area contributed by atoms with E-state index < -0.39 is 0 Å². The average molecular weight is 244 g/mol. The minimum Gasteiger partial charge on any atom is -0.107 e. The molecular weight excluding hydrogens is 211 g/mol. The van der Waals surface area contributed by atoms with E-state index in [2.05, 4.69) is 27.4 Å². The third kappa shape index (κ3) is 9.64. The van der Waals surface area contributed by atoms with Gasteiger partial charge in [-0.25, -0.2) is 0 Å². The van der Waals surface area contributed by atoms with Gasteiger partial charge in [0.2, 0.25) is 0 Å². The lowest BCUT2D eigenvalue weighted by atomic mass is 10.1. The number of rotatable bonds is 11. The van der Waals surface area contributed by atoms with Crippen molar-refractivity contribution in [2.24, 2.45) is 0 Å². The van der Waals surface area contributed by atoms with Crippen molar-refractivity contribution < 1.29 is 0 Å². The van der Waals surface area contributed by atoms with Crippen LogP contribution in [0.25, 0.3) is 0 Å². The van der Waals surface area contributed by atoms with E-state index in [1.807, 2.05) is 0 Å². The van der Waals surface area contributed by atoms with Crippen molar-refractivity contribution in [3.63, 3.8) is 0 Å². The summed E-state index contributed by atoms with van der Waals surface area (Å²) in [5.74, 6) is 0. The van der Waals surface area contributed by atoms with Gasteiger partial charge < -0.3 is 0 Å². The van der Waals surface area contributed by atoms with Gasteiger partial charge in [-0.05, 0) is 31.3 Å². The van der Waals surface area contributed by atoms with Crippen LogP contribution in [0.2, 0.25) is 0 Å². The molecule has 0 saturated heterocycles. The molecule has 0 aromatic heterocycles. The lowest BCUT2D eigenvalue weighted by molar-refractivity contribution is 0.586. The van der Waals surface area contributed by atoms with Gasteiger partial charge in [0.05, 0.1) is 0 Å². The minimum absolute atomic E-state index is 0.328. The molecule has 2 atom stereocenters. The van der Waals surface area contributed by atoms with Crippen molar-refractivity contribution in [1.82, 2.24) is 0 Å². The van der Waals surface area contributed by atoms with Gasteiger partial charge in [0.25, 0.3) is 0 Å². The van der Waals surface area contributed by atoms with Crippen molar-refractivity contribution in [1.29, 1.82) is 0 Å². The quantitative estimate of drug-likeness (QED) is 0.307. The van der Waals surface area contributed by atoms with Gasteiger partial charge in [-0.3, -0.25) is 0 Å². The second-order valence-electron chi connectivity index (χ2n) is 5.21. The fourth-order valence-corrected chi connectivity index (χ4v) is 3.81. The Morgan fingerprint density at radius 2 is 1.31 bits per heavy atom. The van der Waals surface area contributed by atoms with Crippen LogP contribution >= 0.6 is 7.92 Å². The molecule has 0 N–H and O–H groups in total. The number of hydrogen-bond acceptors (Lipinski definition) is 0. The predicted molar refractivity (Wildman–Crippen MR) is 80.1 cm³/mol. The summed E-state index contributed by atoms with van der Waals surface area (Å²) in [7, 11) is 0.328. The first-order valence-corrected chi connectivity index (χ1v) is 9.46. The third-order valence-corrected chi connectivity index (χ3v) is 6.60. The van der Waals surface area contributed by atoms with E-state index >= 15 is 0 Å². The molecule has 0 aromatic carbocycles. The fourth-order valence-electron chi connectivity index (χ4n) is 2.03. The van der Waals surface area contributed by atoms with Gasteiger partial charge >= 0.3 is 0 Å². The van der Waals surface area contributed by atoms with E-state index in [0.29, 0.717) is 7.92 Å². The molecular formula is C15H33P. The molecule has 0 rings (SSSR count). The van der Waals surface area contributed by atoms with Gasteiger partial charge in [0.15, 0.2) is 0 Å². The van der Waals surface area contributed by atoms with Crippen molar-refractivity contribution in [2.45, 2.75) is 84.2 Å². The molecule has 0 heterocycles. The maximum atomic E-state index is 2.49. The van der Waals surface area contributed by atoms with Crippen LogP contribution in [0.5, 0.6) is 0 Å². The first-order valence-electron chi connectivity index (χ1n) is 7.42. The predicted octanol–water partition coefficient (Wildman–Crippen LogP) is 6.04. The molecule has 0 nitrogen and oxygen atoms in total. The summed E-state index contributed by atoms with van der Waals surface area (Å²) in [6, 6.07) is 0. The summed E-state index contributed by atoms with van der Waals surface area (Å²) in [4.78, 5) is 0. The van der Waals surface area contributed by atoms with Crippen molar-refractivity contribution in [3.8, 4) is 0 Å². The SMILES string of the molecule is CCCCCCCCCCP(C)C(C)CC. The molecule has 0 bridgehead atoms. The van der Waals surface area contributed by atoms with Gasteiger partial charge in [-0.1, -0.05) is 65.7 Å². The van der Waals surface area contributed by atoms with E-state index in [0.717, 1.165) is 5.66 Å². The molecule has 16 heavy (non-hydrogen) atoms. The normalized spacial score (nSPS) is 15.0. The van der Waals surface area contributed by atoms with Gasteiger partial charge in [-0.15, -0.1) is 7.92 Å². The van der Waals surface area contributed by atoms with Crippen LogP contribution in [-0.4, -0.2) is 18.5 Å². The molecule has 0 aliphatic rings. The minimum atomic E-state index is 0.328. The first-order chi connectivity index (χ1) is 7.72. The van der Waals surface area contributed by atoms with Crippen molar-refractivity contribution >= 4 is 7.92 Å². The largest absolute Gasteiger partial charge is 0.107 e. The first kappa shape index (κ1) is 16.4. The lowest BCUT2D eigenvalue weighted by Crippen LogP contribution is -1.99. The summed E-state index contributed by atoms with van der Waals surface area (Å²) in [6.45, 7) is 9.54. The maximum Gasteiger partial charge on any atom is -0.0243 e. The average Bonchev–Trinajstić information content (AvgIpc) is 2.31. The van der Waals surface area contributed by atoms with Gasteiger partial charge in [0, 0.05) is 0 Å². The standard InChI is InChI=1S/C15H33P/c1-5-7-8-9-10-11-12-13-14-16(4)15(3)6-2/h15H,5-14H2,1-4H3. The highest BCUT2D eigenvalue weighted by atomic mass is 31.1. The van der Waals surface area contributed by atoms with E-state index in [9.17, 15) is 0 Å². The second-order valence-corrected chi connectivity index (χ2v) is 8.06. The molecule has 0 radical (unpaired) electrons. The molecule has 0 aromatic rings. The van der Waals surface area contributed by atoms with Crippen molar-refractivity contribution in [3.05, 3.63) is 0 Å². The Labute approximate surface area is 105 Å². The van der Waals surface area contributed by atoms with E-state index in [4.69, 9.17) is 0 Å². The molecule has 98 valence electrons. The fraction of sp³-hybridized carbons (Fsp3) is 1.00. The summed E-state index contributed by atoms with van der Waals surface area (Å²) < 4.78 is 0. The molecule has 0 saturated carbocycles. The van der Waals surface area contributed by atoms with Crippen LogP contribution in [0.1, 0.15) is 78.6 Å². The third-order valence-electron chi connectivity index (χ3n) is 3.71. The van der Waals surface area contributed by atoms with E-state index in [1.165, 1.54) is 63.9 Å². The van der Waals surface area contributed by atoms with Crippen LogP contribution in [-0.2, 0) is 0 Å². The Morgan fingerprint density at radius 3 is 1.81 bits per heavy atom. The van der Waals surface area contributed by atoms with Crippen molar-refractivity contribution in [2.75, 3.05) is 12.8 Å². The summed E-state index contributed by atoms with van der Waals surface area (Å²) in [5, 5.41) is 0. The molecule has 1 heteroatoms. The van der Waals surface area contributed by atoms with Crippen LogP contribution in [0.15, 0.2) is 0 Å². The summed E-state index contributed by atoms with van der Waals surface area (Å²) in [5.41, 5.74) is 0.986. The second kappa shape index (κ2) is 11.9. The van der Waals surface area contributed by atoms with Gasteiger partial charge in [0.1, 0.15) is 0 Å². The Kier molecular flexibility index (Phi) is 12.2. The van der Waals surface area contributed by atoms with E-state index in [1.54, 1.807) is 0 Å². The lowest BCUT2D eigenvalue weighted by Gasteiger charge is -2.18. The summed E-state index contributed by atoms with van der Waals surface area (Å²) in [6.07, 6.45) is 14.6. The molecule has 0 spiro atoms. The molecule has 0 amide bonds. The number of unbranched alkanes of at least 4 members (excludes halogenated alkanes) is 7. The summed E-state index contributed by atoms with van der Waals surface area (Å²) >= 11 is 0. The highest BCUT2D eigenvalue weighted by molar-refractivity contribution is 7.57. The van der Waals surface area contributed by atoms with Crippen LogP contribution in [0.4, 0.5) is 0 Å². The topological polar surface area (TPSA) is 0 Å². The monoisotopic (exact) mass is 244 g/mol. The Hall–Kier alpha value is 0.430. The zero-order chi connectivity index (χ0) is 12.2. The maximum absolute atomic E-state index is 2.49. The Morgan fingerprint density at radius 1 is 0.812 bits per heavy atom. The highest BCUT2D eigenvalue weighted by Crippen LogP contribution is 2.39. The van der Waals surface area contributed by atoms with Gasteiger partial charge in [-0.2, -0.15) is 0 Å². The molecule has 2 unspecified atom stereocenters. The Bertz CT molecular complexity index is 133. The van der Waals surface area contributed by atoms with E-state index in [-0.39, 0.29) is 0 Å². The smallest absolute Gasteiger partial charge is 0.0243 e. The molecule has 0 aliphatic heterocycles. The molecule has 0 fully saturated rings. The zero-order valence-corrected chi connectivity index (χ0v) is 13.0. The van der Waals surface area contributed by atoms with Crippen LogP contribution in [0, 0.1) is 0 Å². The highest BCUT2D eigenvalue weighted by Gasteiger charge is 2.08. The zero-order valence-electron chi connectivity index (χ0n) is 12.1. The van der Waals surface area contributed by atoms with Crippen LogP contribution < -0.4 is 0 Å². The number of hydrogen-bond donors (Lipinski definition) is 0.